The molecule has 6 nitrogen and oxygen atoms in total. The van der Waals surface area contributed by atoms with Crippen LogP contribution >= 0.6 is 0 Å². The molecule has 0 spiro atoms. The fourth-order valence-electron chi connectivity index (χ4n) is 1.71. The van der Waals surface area contributed by atoms with E-state index in [1.807, 2.05) is 0 Å². The van der Waals surface area contributed by atoms with Gasteiger partial charge in [0, 0.05) is 0 Å². The number of sulfone groups is 1. The zero-order chi connectivity index (χ0) is 10.2. The first-order valence-electron chi connectivity index (χ1n) is 4.28. The summed E-state index contributed by atoms with van der Waals surface area (Å²) < 4.78 is 27.4. The molecule has 7 heteroatoms. The highest BCUT2D eigenvalue weighted by atomic mass is 32.2. The fraction of sp³-hybridized carbons (Fsp3) is 0.714. The molecule has 1 aliphatic heterocycles. The third kappa shape index (κ3) is 1.64. The maximum atomic E-state index is 11.4. The topological polar surface area (TPSA) is 99.1 Å². The van der Waals surface area contributed by atoms with Crippen molar-refractivity contribution in [2.45, 2.75) is 18.4 Å². The van der Waals surface area contributed by atoms with Crippen molar-refractivity contribution in [3.05, 3.63) is 12.2 Å². The molecule has 1 atom stereocenters. The second kappa shape index (κ2) is 3.03. The molecule has 0 radical (unpaired) electrons. The highest BCUT2D eigenvalue weighted by Crippen LogP contribution is 2.27. The first kappa shape index (κ1) is 9.60. The first-order chi connectivity index (χ1) is 6.52. The molecule has 0 aromatic carbocycles. The quantitative estimate of drug-likeness (QED) is 0.676. The highest BCUT2D eigenvalue weighted by Gasteiger charge is 2.40. The SMILES string of the molecule is NC1(c2ncon2)CCCS(=O)(=O)C1. The van der Waals surface area contributed by atoms with Gasteiger partial charge >= 0.3 is 0 Å². The molecule has 2 heterocycles. The summed E-state index contributed by atoms with van der Waals surface area (Å²) in [7, 11) is -3.06. The van der Waals surface area contributed by atoms with Crippen LogP contribution in [0.4, 0.5) is 0 Å². The van der Waals surface area contributed by atoms with E-state index in [-0.39, 0.29) is 17.3 Å². The Morgan fingerprint density at radius 1 is 1.57 bits per heavy atom. The number of nitrogens with zero attached hydrogens (tertiary/aromatic N) is 2. The molecule has 0 aliphatic carbocycles. The van der Waals surface area contributed by atoms with Gasteiger partial charge < -0.3 is 10.3 Å². The molecule has 0 saturated carbocycles. The lowest BCUT2D eigenvalue weighted by molar-refractivity contribution is 0.357. The standard InChI is InChI=1S/C7H11N3O3S/c8-7(6-9-5-13-10-6)2-1-3-14(11,12)4-7/h5H,1-4,8H2. The lowest BCUT2D eigenvalue weighted by Crippen LogP contribution is -2.48. The van der Waals surface area contributed by atoms with E-state index in [4.69, 9.17) is 5.73 Å². The van der Waals surface area contributed by atoms with E-state index in [0.717, 1.165) is 6.39 Å². The van der Waals surface area contributed by atoms with Gasteiger partial charge in [-0.1, -0.05) is 5.16 Å². The van der Waals surface area contributed by atoms with E-state index >= 15 is 0 Å². The van der Waals surface area contributed by atoms with Crippen molar-refractivity contribution in [2.24, 2.45) is 5.73 Å². The second-order valence-corrected chi connectivity index (χ2v) is 5.79. The predicted molar refractivity (Wildman–Crippen MR) is 48.1 cm³/mol. The Labute approximate surface area is 81.4 Å². The zero-order valence-corrected chi connectivity index (χ0v) is 8.33. The van der Waals surface area contributed by atoms with E-state index in [0.29, 0.717) is 12.8 Å². The normalized spacial score (nSPS) is 31.5. The van der Waals surface area contributed by atoms with E-state index in [9.17, 15) is 8.42 Å². The Hall–Kier alpha value is -0.950. The van der Waals surface area contributed by atoms with Gasteiger partial charge in [0.1, 0.15) is 0 Å². The molecular formula is C7H11N3O3S. The van der Waals surface area contributed by atoms with Crippen molar-refractivity contribution in [3.63, 3.8) is 0 Å². The molecule has 1 saturated heterocycles. The summed E-state index contributed by atoms with van der Waals surface area (Å²) in [6.07, 6.45) is 2.28. The lowest BCUT2D eigenvalue weighted by Gasteiger charge is -2.29. The molecule has 0 bridgehead atoms. The summed E-state index contributed by atoms with van der Waals surface area (Å²) in [5.74, 6) is 0.379. The average Bonchev–Trinajstić information content (AvgIpc) is 2.52. The van der Waals surface area contributed by atoms with Gasteiger partial charge in [-0.3, -0.25) is 0 Å². The van der Waals surface area contributed by atoms with Crippen LogP contribution in [0.2, 0.25) is 0 Å². The molecule has 1 unspecified atom stereocenters. The summed E-state index contributed by atoms with van der Waals surface area (Å²) in [5, 5.41) is 3.60. The summed E-state index contributed by atoms with van der Waals surface area (Å²) >= 11 is 0. The predicted octanol–water partition coefficient (Wildman–Crippen LogP) is -0.568. The monoisotopic (exact) mass is 217 g/mol. The Morgan fingerprint density at radius 2 is 2.36 bits per heavy atom. The van der Waals surface area contributed by atoms with Crippen LogP contribution in [0, 0.1) is 0 Å². The summed E-state index contributed by atoms with van der Waals surface area (Å²) in [6, 6.07) is 0. The minimum atomic E-state index is -3.06. The van der Waals surface area contributed by atoms with E-state index in [1.54, 1.807) is 0 Å². The zero-order valence-electron chi connectivity index (χ0n) is 7.51. The van der Waals surface area contributed by atoms with E-state index in [1.165, 1.54) is 0 Å². The molecule has 0 amide bonds. The maximum Gasteiger partial charge on any atom is 0.213 e. The minimum absolute atomic E-state index is 0.0977. The Bertz CT molecular complexity index is 413. The van der Waals surface area contributed by atoms with Gasteiger partial charge in [-0.15, -0.1) is 0 Å². The largest absolute Gasteiger partial charge is 0.343 e. The molecule has 2 rings (SSSR count). The fourth-order valence-corrected chi connectivity index (χ4v) is 3.50. The molecule has 14 heavy (non-hydrogen) atoms. The van der Waals surface area contributed by atoms with Gasteiger partial charge in [0.25, 0.3) is 0 Å². The van der Waals surface area contributed by atoms with E-state index in [2.05, 4.69) is 14.7 Å². The molecule has 1 fully saturated rings. The lowest BCUT2D eigenvalue weighted by atomic mass is 9.96. The van der Waals surface area contributed by atoms with Gasteiger partial charge in [-0.25, -0.2) is 8.42 Å². The number of aromatic nitrogens is 2. The number of rotatable bonds is 1. The van der Waals surface area contributed by atoms with Crippen molar-refractivity contribution in [1.82, 2.24) is 10.1 Å². The van der Waals surface area contributed by atoms with Crippen LogP contribution in [0.15, 0.2) is 10.9 Å². The van der Waals surface area contributed by atoms with Crippen LogP contribution in [-0.2, 0) is 15.4 Å². The molecule has 2 N–H and O–H groups in total. The van der Waals surface area contributed by atoms with Gasteiger partial charge in [0.2, 0.25) is 6.39 Å². The molecule has 1 aromatic heterocycles. The van der Waals surface area contributed by atoms with Crippen LogP contribution in [-0.4, -0.2) is 30.1 Å². The molecule has 1 aromatic rings. The third-order valence-electron chi connectivity index (χ3n) is 2.36. The molecule has 78 valence electrons. The Morgan fingerprint density at radius 3 is 2.93 bits per heavy atom. The maximum absolute atomic E-state index is 11.4. The van der Waals surface area contributed by atoms with Gasteiger partial charge in [-0.2, -0.15) is 4.98 Å². The van der Waals surface area contributed by atoms with Crippen LogP contribution < -0.4 is 5.73 Å². The minimum Gasteiger partial charge on any atom is -0.343 e. The van der Waals surface area contributed by atoms with Crippen LogP contribution in [0.1, 0.15) is 18.7 Å². The Kier molecular flexibility index (Phi) is 2.07. The number of hydrogen-bond donors (Lipinski definition) is 1. The third-order valence-corrected chi connectivity index (χ3v) is 4.23. The van der Waals surface area contributed by atoms with Crippen molar-refractivity contribution in [2.75, 3.05) is 11.5 Å². The summed E-state index contributed by atoms with van der Waals surface area (Å²) in [6.45, 7) is 0. The van der Waals surface area contributed by atoms with Crippen LogP contribution in [0.3, 0.4) is 0 Å². The average molecular weight is 217 g/mol. The second-order valence-electron chi connectivity index (χ2n) is 3.61. The number of nitrogens with two attached hydrogens (primary N) is 1. The van der Waals surface area contributed by atoms with Crippen molar-refractivity contribution in [1.29, 1.82) is 0 Å². The first-order valence-corrected chi connectivity index (χ1v) is 6.10. The molecule has 1 aliphatic rings. The van der Waals surface area contributed by atoms with Gasteiger partial charge in [0.05, 0.1) is 17.0 Å². The van der Waals surface area contributed by atoms with Crippen molar-refractivity contribution >= 4 is 9.84 Å². The van der Waals surface area contributed by atoms with E-state index < -0.39 is 15.4 Å². The number of hydrogen-bond acceptors (Lipinski definition) is 6. The van der Waals surface area contributed by atoms with Crippen LogP contribution in [0.5, 0.6) is 0 Å². The van der Waals surface area contributed by atoms with Crippen molar-refractivity contribution < 1.29 is 12.9 Å². The smallest absolute Gasteiger partial charge is 0.213 e. The van der Waals surface area contributed by atoms with Crippen molar-refractivity contribution in [3.8, 4) is 0 Å². The van der Waals surface area contributed by atoms with Gasteiger partial charge in [0.15, 0.2) is 15.7 Å². The summed E-state index contributed by atoms with van der Waals surface area (Å²) in [5.41, 5.74) is 4.97. The highest BCUT2D eigenvalue weighted by molar-refractivity contribution is 7.91. The van der Waals surface area contributed by atoms with Gasteiger partial charge in [-0.05, 0) is 12.8 Å². The van der Waals surface area contributed by atoms with Crippen LogP contribution in [0.25, 0.3) is 0 Å². The summed E-state index contributed by atoms with van der Waals surface area (Å²) in [4.78, 5) is 3.81. The Balaban J connectivity index is 2.33. The molecular weight excluding hydrogens is 206 g/mol.